The van der Waals surface area contributed by atoms with E-state index in [2.05, 4.69) is 35.2 Å². The fourth-order valence-electron chi connectivity index (χ4n) is 2.92. The standard InChI is InChI=1S/C23H15N7O6/c31-22(33-12-18-27-20(29-35-18)14-4-2-8-24-10-14)16-6-1-7-17(26-16)23(32)34-13-19-28-21(30-36-19)15-5-3-9-25-11-15/h1-11H,12-13H2. The number of rotatable bonds is 8. The third-order valence-electron chi connectivity index (χ3n) is 4.60. The topological polar surface area (TPSA) is 169 Å². The Morgan fingerprint density at radius 3 is 1.61 bits per heavy atom. The van der Waals surface area contributed by atoms with Crippen molar-refractivity contribution < 1.29 is 28.1 Å². The second kappa shape index (κ2) is 10.3. The van der Waals surface area contributed by atoms with Crippen LogP contribution >= 0.6 is 0 Å². The fraction of sp³-hybridized carbons (Fsp3) is 0.0870. The molecule has 13 heteroatoms. The minimum atomic E-state index is -0.788. The van der Waals surface area contributed by atoms with Gasteiger partial charge in [0.1, 0.15) is 11.4 Å². The third-order valence-corrected chi connectivity index (χ3v) is 4.60. The molecule has 0 radical (unpaired) electrons. The molecule has 0 bridgehead atoms. The number of aromatic nitrogens is 7. The van der Waals surface area contributed by atoms with E-state index in [1.54, 1.807) is 49.1 Å². The van der Waals surface area contributed by atoms with Gasteiger partial charge in [-0.05, 0) is 36.4 Å². The summed E-state index contributed by atoms with van der Waals surface area (Å²) in [6, 6.07) is 11.3. The van der Waals surface area contributed by atoms with Crippen LogP contribution in [0.4, 0.5) is 0 Å². The molecule has 178 valence electrons. The van der Waals surface area contributed by atoms with Gasteiger partial charge in [-0.15, -0.1) is 0 Å². The lowest BCUT2D eigenvalue weighted by Crippen LogP contribution is -2.13. The summed E-state index contributed by atoms with van der Waals surface area (Å²) >= 11 is 0. The highest BCUT2D eigenvalue weighted by atomic mass is 16.6. The SMILES string of the molecule is O=C(OCc1nc(-c2cccnc2)no1)c1cccc(C(=O)OCc2nc(-c3cccnc3)no2)n1. The van der Waals surface area contributed by atoms with E-state index in [9.17, 15) is 9.59 Å². The molecule has 36 heavy (non-hydrogen) atoms. The highest BCUT2D eigenvalue weighted by Gasteiger charge is 2.18. The Balaban J connectivity index is 1.16. The Kier molecular flexibility index (Phi) is 6.42. The van der Waals surface area contributed by atoms with E-state index >= 15 is 0 Å². The highest BCUT2D eigenvalue weighted by Crippen LogP contribution is 2.16. The molecule has 13 nitrogen and oxygen atoms in total. The molecule has 0 fully saturated rings. The zero-order chi connectivity index (χ0) is 24.7. The molecule has 5 aromatic rings. The molecule has 0 aliphatic heterocycles. The van der Waals surface area contributed by atoms with E-state index in [0.717, 1.165) is 0 Å². The Morgan fingerprint density at radius 1 is 0.667 bits per heavy atom. The van der Waals surface area contributed by atoms with Crippen molar-refractivity contribution in [2.24, 2.45) is 0 Å². The second-order valence-electron chi connectivity index (χ2n) is 7.07. The van der Waals surface area contributed by atoms with Crippen molar-refractivity contribution in [2.75, 3.05) is 0 Å². The summed E-state index contributed by atoms with van der Waals surface area (Å²) in [6.45, 7) is -0.558. The van der Waals surface area contributed by atoms with Gasteiger partial charge in [0.05, 0.1) is 0 Å². The molecule has 0 saturated carbocycles. The summed E-state index contributed by atoms with van der Waals surface area (Å²) < 4.78 is 20.5. The van der Waals surface area contributed by atoms with Crippen LogP contribution in [0.1, 0.15) is 32.8 Å². The molecule has 0 aliphatic rings. The number of ether oxygens (including phenoxy) is 2. The largest absolute Gasteiger partial charge is 0.451 e. The third kappa shape index (κ3) is 5.25. The molecule has 0 atom stereocenters. The van der Waals surface area contributed by atoms with Crippen molar-refractivity contribution in [2.45, 2.75) is 13.2 Å². The Labute approximate surface area is 202 Å². The van der Waals surface area contributed by atoms with Crippen LogP contribution in [0.5, 0.6) is 0 Å². The van der Waals surface area contributed by atoms with E-state index in [4.69, 9.17) is 18.5 Å². The molecule has 0 N–H and O–H groups in total. The Bertz CT molecular complexity index is 1380. The molecular weight excluding hydrogens is 470 g/mol. The lowest BCUT2D eigenvalue weighted by molar-refractivity contribution is 0.0412. The number of nitrogens with zero attached hydrogens (tertiary/aromatic N) is 7. The van der Waals surface area contributed by atoms with E-state index in [1.807, 2.05) is 0 Å². The van der Waals surface area contributed by atoms with Crippen molar-refractivity contribution in [1.82, 2.24) is 35.2 Å². The van der Waals surface area contributed by atoms with Crippen LogP contribution in [-0.2, 0) is 22.7 Å². The maximum Gasteiger partial charge on any atom is 0.357 e. The van der Waals surface area contributed by atoms with Crippen molar-refractivity contribution in [3.8, 4) is 22.8 Å². The van der Waals surface area contributed by atoms with Crippen LogP contribution in [0.25, 0.3) is 22.8 Å². The van der Waals surface area contributed by atoms with Crippen LogP contribution < -0.4 is 0 Å². The van der Waals surface area contributed by atoms with E-state index < -0.39 is 11.9 Å². The average Bonchev–Trinajstić information content (AvgIpc) is 3.62. The van der Waals surface area contributed by atoms with Crippen LogP contribution in [-0.4, -0.2) is 47.2 Å². The summed E-state index contributed by atoms with van der Waals surface area (Å²) in [6.07, 6.45) is 6.39. The van der Waals surface area contributed by atoms with Gasteiger partial charge in [-0.1, -0.05) is 16.4 Å². The molecule has 0 spiro atoms. The number of carbonyl (C=O) groups is 2. The maximum absolute atomic E-state index is 12.4. The maximum atomic E-state index is 12.4. The normalized spacial score (nSPS) is 10.7. The first-order valence-corrected chi connectivity index (χ1v) is 10.4. The second-order valence-corrected chi connectivity index (χ2v) is 7.07. The van der Waals surface area contributed by atoms with E-state index in [-0.39, 0.29) is 36.4 Å². The van der Waals surface area contributed by atoms with Crippen molar-refractivity contribution >= 4 is 11.9 Å². The Morgan fingerprint density at radius 2 is 1.17 bits per heavy atom. The number of hydrogen-bond acceptors (Lipinski definition) is 13. The van der Waals surface area contributed by atoms with Gasteiger partial charge in [-0.25, -0.2) is 14.6 Å². The first-order chi connectivity index (χ1) is 17.7. The van der Waals surface area contributed by atoms with Crippen LogP contribution in [0.2, 0.25) is 0 Å². The number of carbonyl (C=O) groups excluding carboxylic acids is 2. The summed E-state index contributed by atoms with van der Waals surface area (Å²) in [5.41, 5.74) is 1.10. The molecule has 5 heterocycles. The van der Waals surface area contributed by atoms with Crippen molar-refractivity contribution in [1.29, 1.82) is 0 Å². The van der Waals surface area contributed by atoms with E-state index in [0.29, 0.717) is 22.8 Å². The van der Waals surface area contributed by atoms with Crippen LogP contribution in [0.15, 0.2) is 76.3 Å². The molecule has 0 saturated heterocycles. The van der Waals surface area contributed by atoms with Gasteiger partial charge in [0.2, 0.25) is 11.6 Å². The average molecular weight is 485 g/mol. The van der Waals surface area contributed by atoms with Crippen LogP contribution in [0, 0.1) is 0 Å². The van der Waals surface area contributed by atoms with Gasteiger partial charge in [0.25, 0.3) is 11.8 Å². The summed E-state index contributed by atoms with van der Waals surface area (Å²) in [4.78, 5) is 45.1. The highest BCUT2D eigenvalue weighted by molar-refractivity contribution is 5.91. The molecule has 5 rings (SSSR count). The molecule has 0 amide bonds. The smallest absolute Gasteiger partial charge is 0.357 e. The summed E-state index contributed by atoms with van der Waals surface area (Å²) in [5, 5.41) is 7.65. The van der Waals surface area contributed by atoms with Crippen molar-refractivity contribution in [3.63, 3.8) is 0 Å². The van der Waals surface area contributed by atoms with Gasteiger partial charge in [0, 0.05) is 35.9 Å². The molecule has 0 aromatic carbocycles. The summed E-state index contributed by atoms with van der Waals surface area (Å²) in [7, 11) is 0. The first-order valence-electron chi connectivity index (χ1n) is 10.4. The first kappa shape index (κ1) is 22.5. The van der Waals surface area contributed by atoms with Crippen molar-refractivity contribution in [3.05, 3.63) is 90.4 Å². The number of hydrogen-bond donors (Lipinski definition) is 0. The molecule has 0 unspecified atom stereocenters. The molecule has 5 aromatic heterocycles. The predicted octanol–water partition coefficient (Wildman–Crippen LogP) is 2.69. The van der Waals surface area contributed by atoms with Gasteiger partial charge >= 0.3 is 11.9 Å². The lowest BCUT2D eigenvalue weighted by Gasteiger charge is -2.04. The van der Waals surface area contributed by atoms with Gasteiger partial charge in [-0.2, -0.15) is 9.97 Å². The predicted molar refractivity (Wildman–Crippen MR) is 118 cm³/mol. The Hall–Kier alpha value is -5.33. The fourth-order valence-corrected chi connectivity index (χ4v) is 2.92. The minimum Gasteiger partial charge on any atom is -0.451 e. The molecular formula is C23H15N7O6. The zero-order valence-electron chi connectivity index (χ0n) is 18.3. The minimum absolute atomic E-state index is 0.0861. The van der Waals surface area contributed by atoms with Gasteiger partial charge in [-0.3, -0.25) is 9.97 Å². The number of pyridine rings is 3. The lowest BCUT2D eigenvalue weighted by atomic mass is 10.3. The molecule has 0 aliphatic carbocycles. The van der Waals surface area contributed by atoms with Gasteiger partial charge in [0.15, 0.2) is 13.2 Å². The monoisotopic (exact) mass is 485 g/mol. The quantitative estimate of drug-likeness (QED) is 0.294. The zero-order valence-corrected chi connectivity index (χ0v) is 18.3. The number of esters is 2. The van der Waals surface area contributed by atoms with E-state index in [1.165, 1.54) is 18.2 Å². The summed E-state index contributed by atoms with van der Waals surface area (Å²) in [5.74, 6) is -0.782. The van der Waals surface area contributed by atoms with Gasteiger partial charge < -0.3 is 18.5 Å². The van der Waals surface area contributed by atoms with Crippen LogP contribution in [0.3, 0.4) is 0 Å².